The number of benzene rings is 22. The highest BCUT2D eigenvalue weighted by atomic mass is 15.1. The first kappa shape index (κ1) is 87.2. The van der Waals surface area contributed by atoms with Gasteiger partial charge in [0.1, 0.15) is 17.5 Å². The molecule has 0 amide bonds. The average Bonchev–Trinajstić information content (AvgIpc) is 1.61. The molecule has 14 nitrogen and oxygen atoms in total. The zero-order valence-corrected chi connectivity index (χ0v) is 79.4. The molecule has 688 valence electrons. The van der Waals surface area contributed by atoms with Crippen molar-refractivity contribution >= 4 is 97.7 Å². The number of rotatable bonds is 16. The number of hydrogen-bond acceptors (Lipinski definition) is 11. The fourth-order valence-electron chi connectivity index (χ4n) is 20.2. The summed E-state index contributed by atoms with van der Waals surface area (Å²) in [4.78, 5) is 55.8. The lowest BCUT2D eigenvalue weighted by molar-refractivity contribution is 1.07. The molecule has 0 aliphatic carbocycles. The van der Waals surface area contributed by atoms with Gasteiger partial charge >= 0.3 is 0 Å². The third kappa shape index (κ3) is 16.8. The number of nitrogens with zero attached hydrogens (tertiary/aromatic N) is 14. The summed E-state index contributed by atoms with van der Waals surface area (Å²) >= 11 is 0. The zero-order valence-electron chi connectivity index (χ0n) is 79.4. The van der Waals surface area contributed by atoms with Gasteiger partial charge in [0.25, 0.3) is 0 Å². The van der Waals surface area contributed by atoms with Crippen molar-refractivity contribution in [3.8, 4) is 165 Å². The Labute approximate surface area is 846 Å². The van der Waals surface area contributed by atoms with Crippen LogP contribution in [0.2, 0.25) is 0 Å². The minimum atomic E-state index is 0.636. The van der Waals surface area contributed by atoms with E-state index in [0.717, 1.165) is 216 Å². The van der Waals surface area contributed by atoms with Gasteiger partial charge < -0.3 is 0 Å². The molecule has 0 aliphatic rings. The Morgan fingerprint density at radius 1 is 0.129 bits per heavy atom. The SMILES string of the molecule is c1ccc(-c2cc(-c3ccccc3)nc(-c3ccc4c(ccc5ccc6c(nc(-c7ccccc7)n6-c6ccccc6)c54)c3)n2)cc1.c1ccc(-c2nc(-c3ccccc3)nc(-c3ccc4c(ccc5ccc6c(nc(-c7ccccc7)n6-c6ccccc6)c54)c3)n2)cc1.c1ccc(-c2nc(-c3ccccc3)nc(-c3cccc(-c4ccc5c(ccc6ccc7c(nc(-c8ccccc8)n7-c7ccccc7)c65)c4)c3)n2)cc1. The molecular formula is C133H86N14. The molecule has 0 fully saturated rings. The fraction of sp³-hybridized carbons (Fsp3) is 0. The van der Waals surface area contributed by atoms with Crippen LogP contribution < -0.4 is 0 Å². The van der Waals surface area contributed by atoms with Crippen molar-refractivity contribution < 1.29 is 0 Å². The highest BCUT2D eigenvalue weighted by Gasteiger charge is 2.26. The summed E-state index contributed by atoms with van der Waals surface area (Å²) in [6.07, 6.45) is 0. The lowest BCUT2D eigenvalue weighted by atomic mass is 9.96. The molecule has 28 rings (SSSR count). The van der Waals surface area contributed by atoms with Crippen LogP contribution in [0, 0.1) is 0 Å². The van der Waals surface area contributed by atoms with Crippen molar-refractivity contribution in [1.82, 2.24) is 68.5 Å². The molecule has 6 aromatic heterocycles. The van der Waals surface area contributed by atoms with E-state index in [1.807, 2.05) is 188 Å². The Bertz CT molecular complexity index is 9260. The number of aromatic nitrogens is 14. The van der Waals surface area contributed by atoms with E-state index >= 15 is 0 Å². The summed E-state index contributed by atoms with van der Waals surface area (Å²) in [7, 11) is 0. The van der Waals surface area contributed by atoms with E-state index in [2.05, 4.69) is 347 Å². The normalized spacial score (nSPS) is 11.4. The first-order valence-corrected chi connectivity index (χ1v) is 49.2. The maximum absolute atomic E-state index is 5.37. The van der Waals surface area contributed by atoms with Gasteiger partial charge in [0, 0.05) is 100.0 Å². The van der Waals surface area contributed by atoms with Crippen molar-refractivity contribution in [2.75, 3.05) is 0 Å². The molecule has 0 atom stereocenters. The molecule has 14 heteroatoms. The average molecular weight is 1880 g/mol. The summed E-state index contributed by atoms with van der Waals surface area (Å²) in [5, 5.41) is 13.7. The Morgan fingerprint density at radius 3 is 0.639 bits per heavy atom. The molecule has 0 aliphatic heterocycles. The van der Waals surface area contributed by atoms with Crippen LogP contribution in [0.25, 0.3) is 262 Å². The van der Waals surface area contributed by atoms with E-state index < -0.39 is 0 Å². The maximum Gasteiger partial charge on any atom is 0.164 e. The number of para-hydroxylation sites is 3. The van der Waals surface area contributed by atoms with Crippen LogP contribution in [0.3, 0.4) is 0 Å². The van der Waals surface area contributed by atoms with E-state index in [1.54, 1.807) is 0 Å². The number of hydrogen-bond donors (Lipinski definition) is 0. The molecule has 6 heterocycles. The van der Waals surface area contributed by atoms with Crippen molar-refractivity contribution in [2.24, 2.45) is 0 Å². The van der Waals surface area contributed by atoms with Crippen LogP contribution in [0.5, 0.6) is 0 Å². The Morgan fingerprint density at radius 2 is 0.340 bits per heavy atom. The van der Waals surface area contributed by atoms with Crippen molar-refractivity contribution in [3.63, 3.8) is 0 Å². The molecule has 0 saturated heterocycles. The van der Waals surface area contributed by atoms with Gasteiger partial charge in [0.05, 0.1) is 44.5 Å². The molecule has 0 bridgehead atoms. The molecule has 0 saturated carbocycles. The van der Waals surface area contributed by atoms with Crippen molar-refractivity contribution in [1.29, 1.82) is 0 Å². The van der Waals surface area contributed by atoms with Gasteiger partial charge in [0.15, 0.2) is 40.8 Å². The lowest BCUT2D eigenvalue weighted by Gasteiger charge is -2.11. The van der Waals surface area contributed by atoms with Crippen LogP contribution in [0.1, 0.15) is 0 Å². The third-order valence-electron chi connectivity index (χ3n) is 27.2. The predicted octanol–water partition coefficient (Wildman–Crippen LogP) is 32.8. The molecule has 0 N–H and O–H groups in total. The fourth-order valence-corrected chi connectivity index (χ4v) is 20.2. The highest BCUT2D eigenvalue weighted by molar-refractivity contribution is 6.22. The Hall–Kier alpha value is -20.1. The summed E-state index contributed by atoms with van der Waals surface area (Å²) in [5.74, 6) is 7.33. The van der Waals surface area contributed by atoms with Crippen LogP contribution in [0.4, 0.5) is 0 Å². The largest absolute Gasteiger partial charge is 0.292 e. The zero-order chi connectivity index (χ0) is 97.5. The van der Waals surface area contributed by atoms with E-state index in [9.17, 15) is 0 Å². The topological polar surface area (TPSA) is 157 Å². The molecule has 0 radical (unpaired) electrons. The van der Waals surface area contributed by atoms with E-state index in [1.165, 1.54) is 5.39 Å². The molecule has 0 unspecified atom stereocenters. The van der Waals surface area contributed by atoms with E-state index in [0.29, 0.717) is 40.8 Å². The van der Waals surface area contributed by atoms with Gasteiger partial charge in [-0.2, -0.15) is 0 Å². The van der Waals surface area contributed by atoms with Crippen molar-refractivity contribution in [3.05, 3.63) is 522 Å². The second kappa shape index (κ2) is 38.2. The number of imidazole rings is 3. The third-order valence-corrected chi connectivity index (χ3v) is 27.2. The van der Waals surface area contributed by atoms with Crippen LogP contribution in [-0.4, -0.2) is 68.5 Å². The molecule has 22 aromatic carbocycles. The molecule has 28 aromatic rings. The smallest absolute Gasteiger partial charge is 0.164 e. The Balaban J connectivity index is 0.000000112. The van der Waals surface area contributed by atoms with Gasteiger partial charge in [-0.3, -0.25) is 13.7 Å². The van der Waals surface area contributed by atoms with E-state index in [-0.39, 0.29) is 0 Å². The standard InChI is InChI=1S/C48H31N5.C43H28N4.C42H27N5/c1-5-14-33(15-6-1)45-50-46(34-16-7-2-8-17-34)52-47(51-45)39-21-13-20-36(31-39)37-26-28-41-38(30-37)25-24-32-27-29-42-44(43(32)41)49-48(35-18-9-3-10-19-35)53(42)40-22-11-4-12-23-40;1-5-13-29(14-6-1)37-28-38(30-15-7-2-8-16-30)45-42(44-37)34-23-25-36-33(27-34)22-21-31-24-26-39-41(40(31)36)46-43(32-17-9-3-10-18-32)47(39)35-19-11-4-12-20-35;1-5-13-29(14-6-1)39-44-40(30-15-7-2-8-16-30)46-41(45-39)33-23-25-35-32(27-33)22-21-28-24-26-36-38(37(28)35)43-42(31-17-9-3-10-18-31)47(36)34-19-11-4-12-20-34/h1-31H;1-28H;1-27H. The van der Waals surface area contributed by atoms with Crippen molar-refractivity contribution in [2.45, 2.75) is 0 Å². The number of fused-ring (bicyclic) bond motifs is 15. The summed E-state index contributed by atoms with van der Waals surface area (Å²) in [6.45, 7) is 0. The Kier molecular flexibility index (Phi) is 22.6. The van der Waals surface area contributed by atoms with Gasteiger partial charge in [0.2, 0.25) is 0 Å². The molecular weight excluding hydrogens is 1790 g/mol. The first-order chi connectivity index (χ1) is 72.9. The minimum absolute atomic E-state index is 0.636. The summed E-state index contributed by atoms with van der Waals surface area (Å²) in [6, 6.07) is 180. The van der Waals surface area contributed by atoms with Gasteiger partial charge in [-0.1, -0.05) is 437 Å². The summed E-state index contributed by atoms with van der Waals surface area (Å²) < 4.78 is 6.81. The summed E-state index contributed by atoms with van der Waals surface area (Å²) in [5.41, 5.74) is 25.4. The van der Waals surface area contributed by atoms with Crippen LogP contribution in [-0.2, 0) is 0 Å². The highest BCUT2D eigenvalue weighted by Crippen LogP contribution is 2.44. The first-order valence-electron chi connectivity index (χ1n) is 49.2. The second-order valence-electron chi connectivity index (χ2n) is 36.4. The van der Waals surface area contributed by atoms with Gasteiger partial charge in [-0.25, -0.2) is 54.8 Å². The molecule has 147 heavy (non-hydrogen) atoms. The van der Waals surface area contributed by atoms with Crippen LogP contribution in [0.15, 0.2) is 522 Å². The minimum Gasteiger partial charge on any atom is -0.292 e. The molecule has 0 spiro atoms. The lowest BCUT2D eigenvalue weighted by Crippen LogP contribution is -2.00. The maximum atomic E-state index is 5.37. The van der Waals surface area contributed by atoms with E-state index in [4.69, 9.17) is 54.8 Å². The van der Waals surface area contributed by atoms with Crippen LogP contribution >= 0.6 is 0 Å². The van der Waals surface area contributed by atoms with Gasteiger partial charge in [-0.15, -0.1) is 0 Å². The van der Waals surface area contributed by atoms with Gasteiger partial charge in [-0.05, 0) is 145 Å². The monoisotopic (exact) mass is 1880 g/mol. The predicted molar refractivity (Wildman–Crippen MR) is 601 cm³/mol. The quantitative estimate of drug-likeness (QED) is 0.0848. The second-order valence-corrected chi connectivity index (χ2v) is 36.4.